The fourth-order valence-corrected chi connectivity index (χ4v) is 4.93. The Morgan fingerprint density at radius 1 is 0.926 bits per heavy atom. The van der Waals surface area contributed by atoms with E-state index in [-0.39, 0.29) is 5.97 Å². The van der Waals surface area contributed by atoms with Crippen LogP contribution in [-0.2, 0) is 17.6 Å². The maximum atomic E-state index is 12.6. The maximum absolute atomic E-state index is 12.6. The minimum atomic E-state index is -0.207. The van der Waals surface area contributed by atoms with E-state index in [1.807, 2.05) is 6.26 Å². The lowest BCUT2D eigenvalue weighted by Gasteiger charge is -2.20. The summed E-state index contributed by atoms with van der Waals surface area (Å²) in [5, 5.41) is 2.52. The number of benzene rings is 3. The van der Waals surface area contributed by atoms with Crippen molar-refractivity contribution in [3.8, 4) is 11.1 Å². The first-order chi connectivity index (χ1) is 13.2. The first kappa shape index (κ1) is 18.1. The van der Waals surface area contributed by atoms with Crippen LogP contribution in [0.3, 0.4) is 0 Å². The molecule has 138 valence electrons. The standard InChI is InChI=1S/C24H24O2S/c1-26-24(25)23-20-13-5-3-4-12-19(20)21(15-22(23)27-2)18-14-8-10-16-9-6-7-11-17(16)18/h6-11,14-15H,3-5,12-13H2,1-2H3. The number of esters is 1. The molecule has 3 heteroatoms. The van der Waals surface area contributed by atoms with Crippen molar-refractivity contribution in [2.75, 3.05) is 13.4 Å². The highest BCUT2D eigenvalue weighted by Gasteiger charge is 2.25. The molecule has 3 aromatic rings. The summed E-state index contributed by atoms with van der Waals surface area (Å²) in [6, 6.07) is 17.3. The van der Waals surface area contributed by atoms with E-state index in [1.54, 1.807) is 11.8 Å². The Bertz CT molecular complexity index is 1000. The molecule has 0 N–H and O–H groups in total. The van der Waals surface area contributed by atoms with Crippen LogP contribution in [0, 0.1) is 0 Å². The molecule has 0 unspecified atom stereocenters. The van der Waals surface area contributed by atoms with Crippen LogP contribution in [-0.4, -0.2) is 19.3 Å². The van der Waals surface area contributed by atoms with E-state index in [9.17, 15) is 4.79 Å². The van der Waals surface area contributed by atoms with Crippen LogP contribution in [0.25, 0.3) is 21.9 Å². The third kappa shape index (κ3) is 3.25. The molecule has 0 amide bonds. The van der Waals surface area contributed by atoms with E-state index in [0.717, 1.165) is 29.7 Å². The van der Waals surface area contributed by atoms with Gasteiger partial charge in [-0.2, -0.15) is 0 Å². The highest BCUT2D eigenvalue weighted by molar-refractivity contribution is 7.98. The summed E-state index contributed by atoms with van der Waals surface area (Å²) in [5.74, 6) is -0.207. The zero-order valence-electron chi connectivity index (χ0n) is 15.9. The third-order valence-electron chi connectivity index (χ3n) is 5.56. The minimum absolute atomic E-state index is 0.207. The van der Waals surface area contributed by atoms with Crippen molar-refractivity contribution in [1.82, 2.24) is 0 Å². The van der Waals surface area contributed by atoms with Gasteiger partial charge in [0.25, 0.3) is 0 Å². The van der Waals surface area contributed by atoms with E-state index < -0.39 is 0 Å². The predicted octanol–water partition coefficient (Wildman–Crippen LogP) is 6.28. The van der Waals surface area contributed by atoms with Gasteiger partial charge in [0.05, 0.1) is 12.7 Å². The molecule has 0 bridgehead atoms. The monoisotopic (exact) mass is 376 g/mol. The summed E-state index contributed by atoms with van der Waals surface area (Å²) in [6.07, 6.45) is 7.52. The van der Waals surface area contributed by atoms with Gasteiger partial charge in [-0.05, 0) is 71.0 Å². The molecule has 0 saturated heterocycles. The summed E-state index contributed by atoms with van der Waals surface area (Å²) in [4.78, 5) is 13.6. The smallest absolute Gasteiger partial charge is 0.339 e. The third-order valence-corrected chi connectivity index (χ3v) is 6.32. The molecule has 0 saturated carbocycles. The largest absolute Gasteiger partial charge is 0.465 e. The predicted molar refractivity (Wildman–Crippen MR) is 114 cm³/mol. The fraction of sp³-hybridized carbons (Fsp3) is 0.292. The van der Waals surface area contributed by atoms with Crippen LogP contribution in [0.5, 0.6) is 0 Å². The quantitative estimate of drug-likeness (QED) is 0.305. The Morgan fingerprint density at radius 3 is 2.44 bits per heavy atom. The van der Waals surface area contributed by atoms with Crippen molar-refractivity contribution in [1.29, 1.82) is 0 Å². The molecular weight excluding hydrogens is 352 g/mol. The zero-order valence-corrected chi connectivity index (χ0v) is 16.7. The highest BCUT2D eigenvalue weighted by Crippen LogP contribution is 2.40. The molecular formula is C24H24O2S. The molecule has 0 radical (unpaired) electrons. The Hall–Kier alpha value is -2.26. The molecule has 2 nitrogen and oxygen atoms in total. The molecule has 4 rings (SSSR count). The number of methoxy groups -OCH3 is 1. The minimum Gasteiger partial charge on any atom is -0.465 e. The number of ether oxygens (including phenoxy) is 1. The maximum Gasteiger partial charge on any atom is 0.339 e. The van der Waals surface area contributed by atoms with E-state index >= 15 is 0 Å². The molecule has 27 heavy (non-hydrogen) atoms. The number of fused-ring (bicyclic) bond motifs is 2. The molecule has 0 aliphatic heterocycles. The topological polar surface area (TPSA) is 26.3 Å². The van der Waals surface area contributed by atoms with Crippen molar-refractivity contribution >= 4 is 28.5 Å². The van der Waals surface area contributed by atoms with Gasteiger partial charge in [0.1, 0.15) is 0 Å². The Labute approximate surface area is 164 Å². The lowest BCUT2D eigenvalue weighted by Crippen LogP contribution is -2.11. The van der Waals surface area contributed by atoms with Gasteiger partial charge >= 0.3 is 5.97 Å². The zero-order chi connectivity index (χ0) is 18.8. The Morgan fingerprint density at radius 2 is 1.67 bits per heavy atom. The number of carbonyl (C=O) groups excluding carboxylic acids is 1. The number of hydrogen-bond donors (Lipinski definition) is 0. The number of hydrogen-bond acceptors (Lipinski definition) is 3. The van der Waals surface area contributed by atoms with Gasteiger partial charge in [0.2, 0.25) is 0 Å². The first-order valence-corrected chi connectivity index (χ1v) is 10.8. The molecule has 0 heterocycles. The van der Waals surface area contributed by atoms with Gasteiger partial charge < -0.3 is 4.74 Å². The first-order valence-electron chi connectivity index (χ1n) is 9.53. The summed E-state index contributed by atoms with van der Waals surface area (Å²) in [6.45, 7) is 0. The molecule has 0 spiro atoms. The average Bonchev–Trinajstić information content (AvgIpc) is 2.97. The summed E-state index contributed by atoms with van der Waals surface area (Å²) >= 11 is 1.63. The summed E-state index contributed by atoms with van der Waals surface area (Å²) < 4.78 is 5.15. The Kier molecular flexibility index (Phi) is 5.22. The number of thioether (sulfide) groups is 1. The van der Waals surface area contributed by atoms with Crippen molar-refractivity contribution in [3.05, 3.63) is 65.2 Å². The highest BCUT2D eigenvalue weighted by atomic mass is 32.2. The second-order valence-corrected chi connectivity index (χ2v) is 7.89. The van der Waals surface area contributed by atoms with Crippen molar-refractivity contribution in [2.24, 2.45) is 0 Å². The van der Waals surface area contributed by atoms with Gasteiger partial charge in [-0.1, -0.05) is 48.9 Å². The molecule has 0 aromatic heterocycles. The fourth-order valence-electron chi connectivity index (χ4n) is 4.28. The van der Waals surface area contributed by atoms with E-state index in [0.29, 0.717) is 0 Å². The van der Waals surface area contributed by atoms with Gasteiger partial charge in [0.15, 0.2) is 0 Å². The normalized spacial score (nSPS) is 13.9. The molecule has 3 aromatic carbocycles. The van der Waals surface area contributed by atoms with Gasteiger partial charge in [-0.15, -0.1) is 11.8 Å². The van der Waals surface area contributed by atoms with Gasteiger partial charge in [0, 0.05) is 4.90 Å². The van der Waals surface area contributed by atoms with Crippen LogP contribution in [0.15, 0.2) is 53.4 Å². The van der Waals surface area contributed by atoms with Crippen molar-refractivity contribution in [3.63, 3.8) is 0 Å². The lowest BCUT2D eigenvalue weighted by atomic mass is 9.87. The average molecular weight is 377 g/mol. The summed E-state index contributed by atoms with van der Waals surface area (Å²) in [7, 11) is 1.48. The van der Waals surface area contributed by atoms with Crippen LogP contribution in [0.4, 0.5) is 0 Å². The van der Waals surface area contributed by atoms with Crippen molar-refractivity contribution < 1.29 is 9.53 Å². The number of carbonyl (C=O) groups is 1. The van der Waals surface area contributed by atoms with Crippen LogP contribution in [0.2, 0.25) is 0 Å². The van der Waals surface area contributed by atoms with E-state index in [1.165, 1.54) is 53.0 Å². The van der Waals surface area contributed by atoms with Crippen LogP contribution >= 0.6 is 11.8 Å². The molecule has 0 atom stereocenters. The van der Waals surface area contributed by atoms with Gasteiger partial charge in [-0.3, -0.25) is 0 Å². The lowest BCUT2D eigenvalue weighted by molar-refractivity contribution is 0.0595. The van der Waals surface area contributed by atoms with Gasteiger partial charge in [-0.25, -0.2) is 4.79 Å². The second-order valence-electron chi connectivity index (χ2n) is 7.04. The Balaban J connectivity index is 2.05. The van der Waals surface area contributed by atoms with Crippen molar-refractivity contribution in [2.45, 2.75) is 37.0 Å². The van der Waals surface area contributed by atoms with Crippen LogP contribution in [0.1, 0.15) is 40.7 Å². The molecule has 1 aliphatic rings. The SMILES string of the molecule is COC(=O)c1c(SC)cc(-c2cccc3ccccc23)c2c1CCCCC2. The summed E-state index contributed by atoms with van der Waals surface area (Å²) in [5.41, 5.74) is 5.86. The van der Waals surface area contributed by atoms with Crippen LogP contribution < -0.4 is 0 Å². The molecule has 0 fully saturated rings. The van der Waals surface area contributed by atoms with E-state index in [2.05, 4.69) is 48.5 Å². The number of rotatable bonds is 3. The molecule has 1 aliphatic carbocycles. The van der Waals surface area contributed by atoms with E-state index in [4.69, 9.17) is 4.74 Å². The second kappa shape index (κ2) is 7.77.